The van der Waals surface area contributed by atoms with Gasteiger partial charge in [-0.3, -0.25) is 10.1 Å². The number of hydrogen-bond donors (Lipinski definition) is 2. The van der Waals surface area contributed by atoms with Crippen LogP contribution in [0.1, 0.15) is 29.2 Å². The van der Waals surface area contributed by atoms with E-state index in [1.807, 2.05) is 6.92 Å². The standard InChI is InChI=1S/C28H23F3N2O4/c1-2-36-21-15-11-19(12-16-21)22(18-9-13-20(14-10-18)28(29,30)31)5-3-8-26(34)32-24-6-4-7-25-23(24)17-37-27(35)33-25/h3-16H,2,17H2,1H3,(H,32,34)(H,33,35). The normalized spacial score (nSPS) is 13.5. The molecule has 1 aliphatic heterocycles. The average molecular weight is 508 g/mol. The maximum absolute atomic E-state index is 13.0. The molecule has 2 amide bonds. The van der Waals surface area contributed by atoms with Crippen molar-refractivity contribution in [1.29, 1.82) is 0 Å². The van der Waals surface area contributed by atoms with Crippen LogP contribution >= 0.6 is 0 Å². The molecule has 0 unspecified atom stereocenters. The number of allylic oxidation sites excluding steroid dienone is 2. The summed E-state index contributed by atoms with van der Waals surface area (Å²) in [5.41, 5.74) is 2.84. The highest BCUT2D eigenvalue weighted by Gasteiger charge is 2.30. The van der Waals surface area contributed by atoms with E-state index in [1.165, 1.54) is 24.3 Å². The number of fused-ring (bicyclic) bond motifs is 1. The van der Waals surface area contributed by atoms with Gasteiger partial charge in [0.15, 0.2) is 0 Å². The number of cyclic esters (lactones) is 1. The van der Waals surface area contributed by atoms with E-state index in [-0.39, 0.29) is 6.61 Å². The predicted molar refractivity (Wildman–Crippen MR) is 134 cm³/mol. The number of rotatable bonds is 7. The molecular formula is C28H23F3N2O4. The van der Waals surface area contributed by atoms with E-state index >= 15 is 0 Å². The van der Waals surface area contributed by atoms with Gasteiger partial charge in [-0.2, -0.15) is 13.2 Å². The minimum absolute atomic E-state index is 0.0248. The molecule has 4 rings (SSSR count). The lowest BCUT2D eigenvalue weighted by molar-refractivity contribution is -0.137. The van der Waals surface area contributed by atoms with E-state index in [0.717, 1.165) is 17.7 Å². The van der Waals surface area contributed by atoms with Crippen molar-refractivity contribution in [2.75, 3.05) is 17.2 Å². The predicted octanol–water partition coefficient (Wildman–Crippen LogP) is 6.79. The van der Waals surface area contributed by atoms with Gasteiger partial charge in [0.2, 0.25) is 5.91 Å². The number of ether oxygens (including phenoxy) is 2. The van der Waals surface area contributed by atoms with E-state index in [1.54, 1.807) is 48.5 Å². The summed E-state index contributed by atoms with van der Waals surface area (Å²) in [5, 5.41) is 5.33. The summed E-state index contributed by atoms with van der Waals surface area (Å²) >= 11 is 0. The number of halogens is 3. The number of amides is 2. The first-order chi connectivity index (χ1) is 17.7. The lowest BCUT2D eigenvalue weighted by Crippen LogP contribution is -2.22. The van der Waals surface area contributed by atoms with Gasteiger partial charge in [0.05, 0.1) is 17.9 Å². The highest BCUT2D eigenvalue weighted by molar-refractivity contribution is 6.01. The SMILES string of the molecule is CCOc1ccc(C(=CC=CC(=O)Nc2cccc3c2COC(=O)N3)c2ccc(C(F)(F)F)cc2)cc1. The van der Waals surface area contributed by atoms with Crippen LogP contribution in [0.4, 0.5) is 29.3 Å². The van der Waals surface area contributed by atoms with Crippen LogP contribution in [0.5, 0.6) is 5.75 Å². The maximum atomic E-state index is 13.0. The number of nitrogens with one attached hydrogen (secondary N) is 2. The largest absolute Gasteiger partial charge is 0.494 e. The van der Waals surface area contributed by atoms with E-state index in [0.29, 0.717) is 40.4 Å². The molecule has 6 nitrogen and oxygen atoms in total. The van der Waals surface area contributed by atoms with E-state index in [9.17, 15) is 22.8 Å². The molecule has 0 aromatic heterocycles. The third-order valence-electron chi connectivity index (χ3n) is 5.53. The van der Waals surface area contributed by atoms with Crippen LogP contribution in [-0.4, -0.2) is 18.6 Å². The Morgan fingerprint density at radius 2 is 1.73 bits per heavy atom. The Labute approximate surface area is 211 Å². The minimum atomic E-state index is -4.44. The summed E-state index contributed by atoms with van der Waals surface area (Å²) in [6.45, 7) is 2.39. The highest BCUT2D eigenvalue weighted by Crippen LogP contribution is 2.32. The number of anilines is 2. The van der Waals surface area contributed by atoms with Crippen molar-refractivity contribution in [3.63, 3.8) is 0 Å². The molecule has 190 valence electrons. The molecule has 2 N–H and O–H groups in total. The minimum Gasteiger partial charge on any atom is -0.494 e. The first-order valence-corrected chi connectivity index (χ1v) is 11.4. The van der Waals surface area contributed by atoms with Crippen LogP contribution in [-0.2, 0) is 22.3 Å². The molecule has 0 saturated carbocycles. The summed E-state index contributed by atoms with van der Waals surface area (Å²) in [6, 6.07) is 17.1. The zero-order chi connectivity index (χ0) is 26.4. The second-order valence-electron chi connectivity index (χ2n) is 7.99. The van der Waals surface area contributed by atoms with Crippen molar-refractivity contribution in [3.05, 3.63) is 107 Å². The van der Waals surface area contributed by atoms with E-state index in [4.69, 9.17) is 9.47 Å². The van der Waals surface area contributed by atoms with Crippen molar-refractivity contribution in [3.8, 4) is 5.75 Å². The van der Waals surface area contributed by atoms with Crippen LogP contribution in [0.3, 0.4) is 0 Å². The topological polar surface area (TPSA) is 76.7 Å². The molecule has 0 spiro atoms. The van der Waals surface area contributed by atoms with Gasteiger partial charge in [0.1, 0.15) is 12.4 Å². The van der Waals surface area contributed by atoms with E-state index in [2.05, 4.69) is 10.6 Å². The lowest BCUT2D eigenvalue weighted by atomic mass is 9.96. The van der Waals surface area contributed by atoms with Crippen LogP contribution in [0.2, 0.25) is 0 Å². The number of hydrogen-bond acceptors (Lipinski definition) is 4. The van der Waals surface area contributed by atoms with Gasteiger partial charge in [-0.05, 0) is 60.0 Å². The molecule has 3 aromatic carbocycles. The monoisotopic (exact) mass is 508 g/mol. The molecule has 1 heterocycles. The van der Waals surface area contributed by atoms with Crippen LogP contribution < -0.4 is 15.4 Å². The highest BCUT2D eigenvalue weighted by atomic mass is 19.4. The van der Waals surface area contributed by atoms with Gasteiger partial charge < -0.3 is 14.8 Å². The first-order valence-electron chi connectivity index (χ1n) is 11.4. The molecular weight excluding hydrogens is 485 g/mol. The third kappa shape index (κ3) is 6.38. The molecule has 9 heteroatoms. The molecule has 37 heavy (non-hydrogen) atoms. The van der Waals surface area contributed by atoms with Crippen LogP contribution in [0.15, 0.2) is 85.0 Å². The average Bonchev–Trinajstić information content (AvgIpc) is 2.87. The number of benzene rings is 3. The van der Waals surface area contributed by atoms with Gasteiger partial charge in [-0.25, -0.2) is 4.79 Å². The third-order valence-corrected chi connectivity index (χ3v) is 5.53. The molecule has 0 radical (unpaired) electrons. The molecule has 3 aromatic rings. The maximum Gasteiger partial charge on any atom is 0.416 e. The smallest absolute Gasteiger partial charge is 0.416 e. The lowest BCUT2D eigenvalue weighted by Gasteiger charge is -2.20. The number of carbonyl (C=O) groups excluding carboxylic acids is 2. The quantitative estimate of drug-likeness (QED) is 0.272. The van der Waals surface area contributed by atoms with Crippen molar-refractivity contribution in [2.45, 2.75) is 19.7 Å². The molecule has 1 aliphatic rings. The number of alkyl halides is 3. The van der Waals surface area contributed by atoms with Gasteiger partial charge >= 0.3 is 12.3 Å². The van der Waals surface area contributed by atoms with Gasteiger partial charge in [-0.1, -0.05) is 42.5 Å². The summed E-state index contributed by atoms with van der Waals surface area (Å²) in [4.78, 5) is 24.0. The van der Waals surface area contributed by atoms with E-state index < -0.39 is 23.7 Å². The Balaban J connectivity index is 1.58. The zero-order valence-electron chi connectivity index (χ0n) is 19.8. The Kier molecular flexibility index (Phi) is 7.62. The molecule has 0 fully saturated rings. The fraction of sp³-hybridized carbons (Fsp3) is 0.143. The second-order valence-corrected chi connectivity index (χ2v) is 7.99. The van der Waals surface area contributed by atoms with Crippen molar-refractivity contribution < 1.29 is 32.2 Å². The van der Waals surface area contributed by atoms with Crippen LogP contribution in [0.25, 0.3) is 5.57 Å². The summed E-state index contributed by atoms with van der Waals surface area (Å²) < 4.78 is 49.6. The van der Waals surface area contributed by atoms with Crippen molar-refractivity contribution in [1.82, 2.24) is 0 Å². The van der Waals surface area contributed by atoms with Crippen LogP contribution in [0, 0.1) is 0 Å². The van der Waals surface area contributed by atoms with Gasteiger partial charge in [-0.15, -0.1) is 0 Å². The fourth-order valence-electron chi connectivity index (χ4n) is 3.76. The van der Waals surface area contributed by atoms with Crippen molar-refractivity contribution in [2.24, 2.45) is 0 Å². The zero-order valence-corrected chi connectivity index (χ0v) is 19.8. The number of carbonyl (C=O) groups is 2. The Hall–Kier alpha value is -4.53. The van der Waals surface area contributed by atoms with Gasteiger partial charge in [0, 0.05) is 17.3 Å². The Bertz CT molecular complexity index is 1350. The molecule has 0 atom stereocenters. The summed E-state index contributed by atoms with van der Waals surface area (Å²) in [6.07, 6.45) is -0.524. The molecule has 0 saturated heterocycles. The molecule has 0 aliphatic carbocycles. The summed E-state index contributed by atoms with van der Waals surface area (Å²) in [7, 11) is 0. The summed E-state index contributed by atoms with van der Waals surface area (Å²) in [5.74, 6) is 0.235. The Morgan fingerprint density at radius 1 is 1.05 bits per heavy atom. The first kappa shape index (κ1) is 25.6. The second kappa shape index (κ2) is 11.0. The van der Waals surface area contributed by atoms with Gasteiger partial charge in [0.25, 0.3) is 0 Å². The molecule has 0 bridgehead atoms. The fourth-order valence-corrected chi connectivity index (χ4v) is 3.76. The Morgan fingerprint density at radius 3 is 2.38 bits per heavy atom. The van der Waals surface area contributed by atoms with Crippen molar-refractivity contribution >= 4 is 28.9 Å².